The normalized spacial score (nSPS) is 12.9. The molecule has 0 unspecified atom stereocenters. The zero-order chi connectivity index (χ0) is 32.5. The number of halogens is 3. The number of anilines is 2. The predicted octanol–water partition coefficient (Wildman–Crippen LogP) is 5.76. The van der Waals surface area contributed by atoms with Gasteiger partial charge in [0, 0.05) is 37.3 Å². The van der Waals surface area contributed by atoms with E-state index in [-0.39, 0.29) is 49.0 Å². The number of alkyl halides is 3. The molecule has 230 valence electrons. The second kappa shape index (κ2) is 12.4. The largest absolute Gasteiger partial charge is 0.416 e. The number of carbonyl (C=O) groups excluding carboxylic acids is 1. The molecule has 0 atom stereocenters. The van der Waals surface area contributed by atoms with Crippen molar-refractivity contribution >= 4 is 17.5 Å². The number of hydrogen-bond acceptors (Lipinski definition) is 8. The summed E-state index contributed by atoms with van der Waals surface area (Å²) in [6, 6.07) is 15.3. The van der Waals surface area contributed by atoms with Crippen LogP contribution in [-0.4, -0.2) is 50.2 Å². The standard InChI is InChI=1S/C32H30F3N9O/c1-19(2)42(3)16-21-11-25-26(27(12-21)32(33,34)35)17-44(31(25)45)29-14-22(13-28(40-29)38-9-5-8-36)24-10-20(15-37)6-7-23(24)30-41-39-18-43(30)4/h6-7,10-14,18-19H,5,9,16-17H2,1-4H3,(H,38,40). The first-order valence-corrected chi connectivity index (χ1v) is 14.2. The third kappa shape index (κ3) is 6.35. The third-order valence-corrected chi connectivity index (χ3v) is 7.76. The first-order chi connectivity index (χ1) is 21.4. The molecular weight excluding hydrogens is 583 g/mol. The fourth-order valence-corrected chi connectivity index (χ4v) is 5.19. The Balaban J connectivity index is 1.65. The lowest BCUT2D eigenvalue weighted by atomic mass is 9.97. The summed E-state index contributed by atoms with van der Waals surface area (Å²) < 4.78 is 44.8. The highest BCUT2D eigenvalue weighted by Gasteiger charge is 2.41. The van der Waals surface area contributed by atoms with Gasteiger partial charge in [0.2, 0.25) is 0 Å². The molecule has 13 heteroatoms. The number of aromatic nitrogens is 4. The van der Waals surface area contributed by atoms with Crippen LogP contribution in [0.25, 0.3) is 22.5 Å². The molecule has 10 nitrogen and oxygen atoms in total. The molecule has 0 saturated carbocycles. The van der Waals surface area contributed by atoms with E-state index in [1.165, 1.54) is 17.3 Å². The van der Waals surface area contributed by atoms with Crippen LogP contribution in [0.3, 0.4) is 0 Å². The van der Waals surface area contributed by atoms with Crippen LogP contribution in [-0.2, 0) is 26.3 Å². The smallest absolute Gasteiger partial charge is 0.369 e. The Morgan fingerprint density at radius 3 is 2.51 bits per heavy atom. The van der Waals surface area contributed by atoms with Gasteiger partial charge in [-0.25, -0.2) is 4.98 Å². The van der Waals surface area contributed by atoms with Gasteiger partial charge in [0.25, 0.3) is 5.91 Å². The van der Waals surface area contributed by atoms with E-state index in [2.05, 4.69) is 26.6 Å². The van der Waals surface area contributed by atoms with Crippen LogP contribution in [0.4, 0.5) is 24.8 Å². The Hall–Kier alpha value is -5.27. The van der Waals surface area contributed by atoms with E-state index >= 15 is 0 Å². The minimum absolute atomic E-state index is 0.0191. The zero-order valence-corrected chi connectivity index (χ0v) is 25.1. The summed E-state index contributed by atoms with van der Waals surface area (Å²) in [6.07, 6.45) is -2.96. The fraction of sp³-hybridized carbons (Fsp3) is 0.312. The molecule has 45 heavy (non-hydrogen) atoms. The zero-order valence-electron chi connectivity index (χ0n) is 25.1. The lowest BCUT2D eigenvalue weighted by Crippen LogP contribution is -2.26. The number of nitrogens with one attached hydrogen (secondary N) is 1. The number of aryl methyl sites for hydroxylation is 1. The number of hydrogen-bond donors (Lipinski definition) is 1. The van der Waals surface area contributed by atoms with E-state index in [0.717, 1.165) is 6.07 Å². The number of nitriles is 2. The highest BCUT2D eigenvalue weighted by molar-refractivity contribution is 6.10. The van der Waals surface area contributed by atoms with Crippen LogP contribution >= 0.6 is 0 Å². The molecule has 1 aliphatic heterocycles. The van der Waals surface area contributed by atoms with Gasteiger partial charge in [-0.05, 0) is 85.6 Å². The van der Waals surface area contributed by atoms with Gasteiger partial charge < -0.3 is 9.88 Å². The lowest BCUT2D eigenvalue weighted by Gasteiger charge is -2.22. The van der Waals surface area contributed by atoms with E-state index in [1.807, 2.05) is 31.9 Å². The lowest BCUT2D eigenvalue weighted by molar-refractivity contribution is -0.138. The van der Waals surface area contributed by atoms with Crippen molar-refractivity contribution in [1.82, 2.24) is 24.6 Å². The second-order valence-electron chi connectivity index (χ2n) is 11.1. The van der Waals surface area contributed by atoms with Crippen LogP contribution in [0, 0.1) is 22.7 Å². The fourth-order valence-electron chi connectivity index (χ4n) is 5.19. The van der Waals surface area contributed by atoms with Gasteiger partial charge in [0.15, 0.2) is 5.82 Å². The quantitative estimate of drug-likeness (QED) is 0.236. The molecular formula is C32H30F3N9O. The van der Waals surface area contributed by atoms with Gasteiger partial charge in [-0.2, -0.15) is 23.7 Å². The minimum Gasteiger partial charge on any atom is -0.369 e. The van der Waals surface area contributed by atoms with Gasteiger partial charge in [-0.15, -0.1) is 10.2 Å². The van der Waals surface area contributed by atoms with Crippen molar-refractivity contribution in [1.29, 1.82) is 10.5 Å². The van der Waals surface area contributed by atoms with E-state index < -0.39 is 17.6 Å². The highest BCUT2D eigenvalue weighted by atomic mass is 19.4. The Morgan fingerprint density at radius 1 is 1.09 bits per heavy atom. The average molecular weight is 614 g/mol. The summed E-state index contributed by atoms with van der Waals surface area (Å²) in [4.78, 5) is 21.5. The van der Waals surface area contributed by atoms with Crippen molar-refractivity contribution < 1.29 is 18.0 Å². The summed E-state index contributed by atoms with van der Waals surface area (Å²) in [6.45, 7) is 4.04. The molecule has 0 fully saturated rings. The van der Waals surface area contributed by atoms with E-state index in [1.54, 1.807) is 41.9 Å². The predicted molar refractivity (Wildman–Crippen MR) is 162 cm³/mol. The second-order valence-corrected chi connectivity index (χ2v) is 11.1. The van der Waals surface area contributed by atoms with Gasteiger partial charge in [-0.1, -0.05) is 0 Å². The average Bonchev–Trinajstić information content (AvgIpc) is 3.58. The number of nitrogens with zero attached hydrogens (tertiary/aromatic N) is 8. The van der Waals surface area contributed by atoms with Crippen molar-refractivity contribution in [3.8, 4) is 34.7 Å². The van der Waals surface area contributed by atoms with E-state index in [9.17, 15) is 23.2 Å². The SMILES string of the molecule is CC(C)N(C)Cc1cc2c(c(C(F)(F)F)c1)CN(c1cc(-c3cc(C#N)ccc3-c3nncn3C)cc(NCCC#N)n1)C2=O. The maximum Gasteiger partial charge on any atom is 0.416 e. The summed E-state index contributed by atoms with van der Waals surface area (Å²) in [5, 5.41) is 30.0. The number of rotatable bonds is 9. The molecule has 3 heterocycles. The first-order valence-electron chi connectivity index (χ1n) is 14.2. The maximum atomic E-state index is 14.3. The van der Waals surface area contributed by atoms with Crippen LogP contribution in [0.15, 0.2) is 48.8 Å². The van der Waals surface area contributed by atoms with E-state index in [0.29, 0.717) is 39.5 Å². The molecule has 2 aromatic carbocycles. The monoisotopic (exact) mass is 613 g/mol. The van der Waals surface area contributed by atoms with Crippen LogP contribution in [0.1, 0.15) is 52.9 Å². The molecule has 4 aromatic rings. The Kier molecular flexibility index (Phi) is 8.57. The summed E-state index contributed by atoms with van der Waals surface area (Å²) in [5.41, 5.74) is 1.53. The van der Waals surface area contributed by atoms with Crippen molar-refractivity contribution in [3.05, 3.63) is 76.6 Å². The molecule has 0 bridgehead atoms. The van der Waals surface area contributed by atoms with Crippen LogP contribution in [0.2, 0.25) is 0 Å². The summed E-state index contributed by atoms with van der Waals surface area (Å²) >= 11 is 0. The van der Waals surface area contributed by atoms with Gasteiger partial charge in [0.05, 0.1) is 36.2 Å². The number of fused-ring (bicyclic) bond motifs is 1. The topological polar surface area (TPSA) is 127 Å². The molecule has 2 aromatic heterocycles. The van der Waals surface area contributed by atoms with E-state index in [4.69, 9.17) is 5.26 Å². The van der Waals surface area contributed by atoms with Gasteiger partial charge >= 0.3 is 6.18 Å². The molecule has 1 aliphatic rings. The number of carbonyl (C=O) groups is 1. The summed E-state index contributed by atoms with van der Waals surface area (Å²) in [7, 11) is 3.59. The Labute approximate surface area is 258 Å². The Morgan fingerprint density at radius 2 is 1.87 bits per heavy atom. The maximum absolute atomic E-state index is 14.3. The van der Waals surface area contributed by atoms with Crippen molar-refractivity contribution in [2.24, 2.45) is 7.05 Å². The third-order valence-electron chi connectivity index (χ3n) is 7.76. The number of pyridine rings is 1. The van der Waals surface area contributed by atoms with Gasteiger partial charge in [-0.3, -0.25) is 14.6 Å². The van der Waals surface area contributed by atoms with Gasteiger partial charge in [0.1, 0.15) is 18.0 Å². The van der Waals surface area contributed by atoms with Crippen LogP contribution < -0.4 is 10.2 Å². The van der Waals surface area contributed by atoms with Crippen molar-refractivity contribution in [2.45, 2.75) is 45.6 Å². The number of benzene rings is 2. The van der Waals surface area contributed by atoms with Crippen molar-refractivity contribution in [3.63, 3.8) is 0 Å². The number of amides is 1. The molecule has 5 rings (SSSR count). The summed E-state index contributed by atoms with van der Waals surface area (Å²) in [5.74, 6) is 0.346. The first kappa shape index (κ1) is 31.2. The molecule has 0 radical (unpaired) electrons. The molecule has 1 amide bonds. The van der Waals surface area contributed by atoms with Crippen LogP contribution in [0.5, 0.6) is 0 Å². The van der Waals surface area contributed by atoms with Crippen molar-refractivity contribution in [2.75, 3.05) is 23.8 Å². The highest BCUT2D eigenvalue weighted by Crippen LogP contribution is 2.41. The molecule has 0 saturated heterocycles. The minimum atomic E-state index is -4.67. The molecule has 0 aliphatic carbocycles. The molecule has 0 spiro atoms. The Bertz CT molecular complexity index is 1850. The molecule has 1 N–H and O–H groups in total.